The molecule has 0 radical (unpaired) electrons. The molecule has 3 amide bonds. The number of primary amides is 1. The Morgan fingerprint density at radius 3 is 2.08 bits per heavy atom. The number of carbonyl (C=O) groups is 2. The fourth-order valence-electron chi connectivity index (χ4n) is 2.53. The summed E-state index contributed by atoms with van der Waals surface area (Å²) in [4.78, 5) is 25.8. The molecule has 4 N–H and O–H groups in total. The third-order valence-electron chi connectivity index (χ3n) is 3.52. The minimum absolute atomic E-state index is 0.00457. The van der Waals surface area contributed by atoms with Crippen molar-refractivity contribution >= 4 is 34.6 Å². The molecule has 2 heterocycles. The van der Waals surface area contributed by atoms with Gasteiger partial charge >= 0.3 is 6.03 Å². The summed E-state index contributed by atoms with van der Waals surface area (Å²) in [7, 11) is 0. The van der Waals surface area contributed by atoms with Crippen LogP contribution in [0, 0.1) is 5.92 Å². The molecule has 5 nitrogen and oxygen atoms in total. The highest BCUT2D eigenvalue weighted by atomic mass is 32.1. The van der Waals surface area contributed by atoms with E-state index in [1.807, 2.05) is 35.0 Å². The Hall–Kier alpha value is -1.86. The van der Waals surface area contributed by atoms with Crippen molar-refractivity contribution in [3.8, 4) is 0 Å². The van der Waals surface area contributed by atoms with Crippen LogP contribution < -0.4 is 16.4 Å². The van der Waals surface area contributed by atoms with E-state index in [9.17, 15) is 9.59 Å². The number of carbonyl (C=O) groups excluding carboxylic acids is 2. The maximum atomic E-state index is 12.5. The van der Waals surface area contributed by atoms with Crippen molar-refractivity contribution in [3.05, 3.63) is 44.8 Å². The predicted molar refractivity (Wildman–Crippen MR) is 99.1 cm³/mol. The summed E-state index contributed by atoms with van der Waals surface area (Å²) in [5.41, 5.74) is 5.24. The monoisotopic (exact) mass is 365 g/mol. The first-order valence-corrected chi connectivity index (χ1v) is 9.63. The molecule has 0 aliphatic carbocycles. The lowest BCUT2D eigenvalue weighted by atomic mass is 10.0. The van der Waals surface area contributed by atoms with E-state index < -0.39 is 12.1 Å². The van der Waals surface area contributed by atoms with E-state index in [0.29, 0.717) is 5.92 Å². The zero-order chi connectivity index (χ0) is 17.5. The molecular weight excluding hydrogens is 342 g/mol. The maximum Gasteiger partial charge on any atom is 0.312 e. The quantitative estimate of drug-likeness (QED) is 0.664. The Morgan fingerprint density at radius 1 is 1.04 bits per heavy atom. The van der Waals surface area contributed by atoms with Gasteiger partial charge in [0.25, 0.3) is 0 Å². The van der Waals surface area contributed by atoms with Crippen LogP contribution in [0.25, 0.3) is 0 Å². The van der Waals surface area contributed by atoms with E-state index in [0.717, 1.165) is 16.2 Å². The first-order chi connectivity index (χ1) is 11.5. The fourth-order valence-corrected chi connectivity index (χ4v) is 4.10. The van der Waals surface area contributed by atoms with Crippen molar-refractivity contribution in [2.24, 2.45) is 11.7 Å². The SMILES string of the molecule is CC(C)C[C@@H](NC(=O)C[C@H](NC(N)=O)c1cccs1)c1cccs1. The van der Waals surface area contributed by atoms with Crippen LogP contribution in [-0.4, -0.2) is 11.9 Å². The van der Waals surface area contributed by atoms with Gasteiger partial charge < -0.3 is 16.4 Å². The summed E-state index contributed by atoms with van der Waals surface area (Å²) in [6, 6.07) is 6.78. The molecule has 0 saturated heterocycles. The molecule has 0 aliphatic heterocycles. The lowest BCUT2D eigenvalue weighted by Crippen LogP contribution is -2.37. The topological polar surface area (TPSA) is 84.2 Å². The van der Waals surface area contributed by atoms with Crippen LogP contribution in [0.2, 0.25) is 0 Å². The van der Waals surface area contributed by atoms with Gasteiger partial charge in [-0.05, 0) is 35.2 Å². The van der Waals surface area contributed by atoms with Gasteiger partial charge in [-0.2, -0.15) is 0 Å². The normalized spacial score (nSPS) is 13.5. The summed E-state index contributed by atoms with van der Waals surface area (Å²) in [5.74, 6) is 0.371. The van der Waals surface area contributed by atoms with Gasteiger partial charge in [0.1, 0.15) is 0 Å². The van der Waals surface area contributed by atoms with Gasteiger partial charge in [0, 0.05) is 9.75 Å². The van der Waals surface area contributed by atoms with Crippen LogP contribution in [0.4, 0.5) is 4.79 Å². The molecule has 2 aromatic rings. The molecule has 130 valence electrons. The first kappa shape index (κ1) is 18.5. The van der Waals surface area contributed by atoms with E-state index in [4.69, 9.17) is 5.73 Å². The maximum absolute atomic E-state index is 12.5. The standard InChI is InChI=1S/C17H23N3O2S2/c1-11(2)9-12(14-5-3-7-23-14)19-16(21)10-13(20-17(18)22)15-6-4-8-24-15/h3-8,11-13H,9-10H2,1-2H3,(H,19,21)(H3,18,20,22)/t12-,13+/m1/s1. The van der Waals surface area contributed by atoms with Gasteiger partial charge in [-0.25, -0.2) is 4.79 Å². The largest absolute Gasteiger partial charge is 0.352 e. The van der Waals surface area contributed by atoms with Crippen LogP contribution in [0.15, 0.2) is 35.0 Å². The Morgan fingerprint density at radius 2 is 1.62 bits per heavy atom. The predicted octanol–water partition coefficient (Wildman–Crippen LogP) is 3.81. The van der Waals surface area contributed by atoms with Crippen LogP contribution >= 0.6 is 22.7 Å². The minimum atomic E-state index is -0.627. The number of hydrogen-bond acceptors (Lipinski definition) is 4. The molecule has 2 aromatic heterocycles. The highest BCUT2D eigenvalue weighted by Gasteiger charge is 2.22. The molecule has 0 fully saturated rings. The van der Waals surface area contributed by atoms with Gasteiger partial charge in [-0.3, -0.25) is 4.79 Å². The number of thiophene rings is 2. The Kier molecular flexibility index (Phi) is 6.81. The van der Waals surface area contributed by atoms with Crippen LogP contribution in [0.3, 0.4) is 0 Å². The van der Waals surface area contributed by atoms with Gasteiger partial charge in [-0.1, -0.05) is 26.0 Å². The molecule has 0 bridgehead atoms. The van der Waals surface area contributed by atoms with Gasteiger partial charge in [-0.15, -0.1) is 22.7 Å². The number of nitrogens with one attached hydrogen (secondary N) is 2. The van der Waals surface area contributed by atoms with E-state index in [2.05, 4.69) is 24.5 Å². The average molecular weight is 366 g/mol. The molecular formula is C17H23N3O2S2. The fraction of sp³-hybridized carbons (Fsp3) is 0.412. The van der Waals surface area contributed by atoms with Crippen molar-refractivity contribution in [2.75, 3.05) is 0 Å². The van der Waals surface area contributed by atoms with Crippen LogP contribution in [0.1, 0.15) is 48.5 Å². The number of nitrogens with two attached hydrogens (primary N) is 1. The van der Waals surface area contributed by atoms with Crippen molar-refractivity contribution in [2.45, 2.75) is 38.8 Å². The van der Waals surface area contributed by atoms with Crippen molar-refractivity contribution < 1.29 is 9.59 Å². The summed E-state index contributed by atoms with van der Waals surface area (Å²) in [6.45, 7) is 4.27. The second kappa shape index (κ2) is 8.84. The Labute approximate surface area is 150 Å². The molecule has 24 heavy (non-hydrogen) atoms. The highest BCUT2D eigenvalue weighted by Crippen LogP contribution is 2.27. The first-order valence-electron chi connectivity index (χ1n) is 7.87. The molecule has 0 aromatic carbocycles. The highest BCUT2D eigenvalue weighted by molar-refractivity contribution is 7.10. The minimum Gasteiger partial charge on any atom is -0.352 e. The molecule has 0 unspecified atom stereocenters. The second-order valence-corrected chi connectivity index (χ2v) is 8.00. The van der Waals surface area contributed by atoms with E-state index in [1.54, 1.807) is 11.3 Å². The summed E-state index contributed by atoms with van der Waals surface area (Å²) < 4.78 is 0. The van der Waals surface area contributed by atoms with Crippen molar-refractivity contribution in [3.63, 3.8) is 0 Å². The average Bonchev–Trinajstić information content (AvgIpc) is 3.18. The van der Waals surface area contributed by atoms with Crippen LogP contribution in [-0.2, 0) is 4.79 Å². The van der Waals surface area contributed by atoms with E-state index in [-0.39, 0.29) is 18.4 Å². The van der Waals surface area contributed by atoms with E-state index in [1.165, 1.54) is 11.3 Å². The lowest BCUT2D eigenvalue weighted by molar-refractivity contribution is -0.122. The van der Waals surface area contributed by atoms with E-state index >= 15 is 0 Å². The van der Waals surface area contributed by atoms with Gasteiger partial charge in [0.15, 0.2) is 0 Å². The molecule has 0 aliphatic rings. The zero-order valence-electron chi connectivity index (χ0n) is 13.8. The summed E-state index contributed by atoms with van der Waals surface area (Å²) in [6.07, 6.45) is 1.04. The number of rotatable bonds is 8. The third kappa shape index (κ3) is 5.65. The second-order valence-electron chi connectivity index (χ2n) is 6.05. The number of amides is 3. The lowest BCUT2D eigenvalue weighted by Gasteiger charge is -2.22. The molecule has 0 spiro atoms. The summed E-state index contributed by atoms with van der Waals surface area (Å²) in [5, 5.41) is 9.68. The zero-order valence-corrected chi connectivity index (χ0v) is 15.5. The number of hydrogen-bond donors (Lipinski definition) is 3. The smallest absolute Gasteiger partial charge is 0.312 e. The van der Waals surface area contributed by atoms with Crippen molar-refractivity contribution in [1.82, 2.24) is 10.6 Å². The Balaban J connectivity index is 2.04. The van der Waals surface area contributed by atoms with Crippen molar-refractivity contribution in [1.29, 1.82) is 0 Å². The molecule has 2 rings (SSSR count). The number of urea groups is 1. The molecule has 7 heteroatoms. The van der Waals surface area contributed by atoms with Gasteiger partial charge in [0.2, 0.25) is 5.91 Å². The van der Waals surface area contributed by atoms with Gasteiger partial charge in [0.05, 0.1) is 18.5 Å². The molecule has 2 atom stereocenters. The summed E-state index contributed by atoms with van der Waals surface area (Å²) >= 11 is 3.13. The third-order valence-corrected chi connectivity index (χ3v) is 5.49. The molecule has 0 saturated carbocycles. The Bertz CT molecular complexity index is 639. The van der Waals surface area contributed by atoms with Crippen LogP contribution in [0.5, 0.6) is 0 Å².